The van der Waals surface area contributed by atoms with Gasteiger partial charge in [-0.3, -0.25) is 9.36 Å². The van der Waals surface area contributed by atoms with Gasteiger partial charge in [0.05, 0.1) is 16.7 Å². The lowest BCUT2D eigenvalue weighted by Gasteiger charge is -2.12. The highest BCUT2D eigenvalue weighted by Gasteiger charge is 2.19. The Labute approximate surface area is 143 Å². The summed E-state index contributed by atoms with van der Waals surface area (Å²) in [6.07, 6.45) is 5.81. The standard InChI is InChI=1S/C19H17F2N3O/c20-13-6-8-17(15(21)10-13)24-11-22-16-9-12(5-7-18(16)24)19(25)23-14-3-1-2-4-14/h5-11,14H,1-4H2,(H,23,25). The van der Waals surface area contributed by atoms with E-state index in [0.29, 0.717) is 16.6 Å². The minimum absolute atomic E-state index is 0.115. The van der Waals surface area contributed by atoms with E-state index in [0.717, 1.165) is 31.7 Å². The van der Waals surface area contributed by atoms with Crippen molar-refractivity contribution in [3.63, 3.8) is 0 Å². The summed E-state index contributed by atoms with van der Waals surface area (Å²) in [4.78, 5) is 16.6. The van der Waals surface area contributed by atoms with Crippen molar-refractivity contribution in [3.05, 3.63) is 59.9 Å². The molecule has 0 atom stereocenters. The first kappa shape index (κ1) is 15.7. The van der Waals surface area contributed by atoms with E-state index in [1.807, 2.05) is 0 Å². The molecule has 1 aliphatic carbocycles. The Morgan fingerprint density at radius 3 is 2.68 bits per heavy atom. The van der Waals surface area contributed by atoms with Crippen LogP contribution in [-0.2, 0) is 0 Å². The molecule has 2 aromatic carbocycles. The Morgan fingerprint density at radius 2 is 1.92 bits per heavy atom. The molecule has 1 fully saturated rings. The average molecular weight is 341 g/mol. The summed E-state index contributed by atoms with van der Waals surface area (Å²) in [5.74, 6) is -1.41. The van der Waals surface area contributed by atoms with Gasteiger partial charge in [-0.2, -0.15) is 0 Å². The molecule has 128 valence electrons. The van der Waals surface area contributed by atoms with Crippen LogP contribution < -0.4 is 5.32 Å². The van der Waals surface area contributed by atoms with Crippen molar-refractivity contribution < 1.29 is 13.6 Å². The Bertz CT molecular complexity index is 945. The molecule has 4 nitrogen and oxygen atoms in total. The van der Waals surface area contributed by atoms with Crippen molar-refractivity contribution >= 4 is 16.9 Å². The predicted molar refractivity (Wildman–Crippen MR) is 90.7 cm³/mol. The van der Waals surface area contributed by atoms with E-state index in [-0.39, 0.29) is 17.6 Å². The number of hydrogen-bond acceptors (Lipinski definition) is 2. The lowest BCUT2D eigenvalue weighted by molar-refractivity contribution is 0.0938. The molecule has 1 aromatic heterocycles. The van der Waals surface area contributed by atoms with Crippen LogP contribution in [-0.4, -0.2) is 21.5 Å². The number of amides is 1. The van der Waals surface area contributed by atoms with Gasteiger partial charge in [-0.05, 0) is 43.2 Å². The van der Waals surface area contributed by atoms with Crippen LogP contribution in [0.5, 0.6) is 0 Å². The third-order valence-electron chi connectivity index (χ3n) is 4.67. The topological polar surface area (TPSA) is 46.9 Å². The van der Waals surface area contributed by atoms with Gasteiger partial charge in [0.25, 0.3) is 5.91 Å². The van der Waals surface area contributed by atoms with Gasteiger partial charge >= 0.3 is 0 Å². The Hall–Kier alpha value is -2.76. The number of benzene rings is 2. The van der Waals surface area contributed by atoms with Crippen LogP contribution >= 0.6 is 0 Å². The number of halogens is 2. The van der Waals surface area contributed by atoms with Crippen molar-refractivity contribution in [2.75, 3.05) is 0 Å². The zero-order valence-electron chi connectivity index (χ0n) is 13.5. The van der Waals surface area contributed by atoms with Crippen LogP contribution in [0, 0.1) is 11.6 Å². The first-order valence-electron chi connectivity index (χ1n) is 8.35. The molecule has 25 heavy (non-hydrogen) atoms. The normalized spacial score (nSPS) is 15.0. The first-order chi connectivity index (χ1) is 12.1. The van der Waals surface area contributed by atoms with E-state index >= 15 is 0 Å². The summed E-state index contributed by atoms with van der Waals surface area (Å²) in [5.41, 5.74) is 1.99. The number of rotatable bonds is 3. The zero-order valence-corrected chi connectivity index (χ0v) is 13.5. The summed E-state index contributed by atoms with van der Waals surface area (Å²) in [5, 5.41) is 3.04. The van der Waals surface area contributed by atoms with Crippen LogP contribution in [0.2, 0.25) is 0 Å². The van der Waals surface area contributed by atoms with Gasteiger partial charge in [-0.25, -0.2) is 13.8 Å². The summed E-state index contributed by atoms with van der Waals surface area (Å²) in [6, 6.07) is 8.78. The monoisotopic (exact) mass is 341 g/mol. The molecule has 0 bridgehead atoms. The maximum Gasteiger partial charge on any atom is 0.251 e. The molecule has 3 aromatic rings. The van der Waals surface area contributed by atoms with Gasteiger partial charge in [-0.15, -0.1) is 0 Å². The highest BCUT2D eigenvalue weighted by molar-refractivity contribution is 5.97. The molecule has 1 aliphatic rings. The SMILES string of the molecule is O=C(NC1CCCC1)c1ccc2c(c1)ncn2-c1ccc(F)cc1F. The molecule has 6 heteroatoms. The molecule has 0 spiro atoms. The van der Waals surface area contributed by atoms with Crippen LogP contribution in [0.25, 0.3) is 16.7 Å². The van der Waals surface area contributed by atoms with Gasteiger partial charge in [0.15, 0.2) is 0 Å². The second-order valence-corrected chi connectivity index (χ2v) is 6.37. The summed E-state index contributed by atoms with van der Waals surface area (Å²) >= 11 is 0. The van der Waals surface area contributed by atoms with Crippen molar-refractivity contribution in [2.45, 2.75) is 31.7 Å². The lowest BCUT2D eigenvalue weighted by atomic mass is 10.1. The van der Waals surface area contributed by atoms with E-state index in [2.05, 4.69) is 10.3 Å². The van der Waals surface area contributed by atoms with Crippen LogP contribution in [0.4, 0.5) is 8.78 Å². The molecule has 1 amide bonds. The third kappa shape index (κ3) is 2.99. The Balaban J connectivity index is 1.65. The van der Waals surface area contributed by atoms with E-state index in [1.165, 1.54) is 18.5 Å². The maximum absolute atomic E-state index is 14.0. The van der Waals surface area contributed by atoms with E-state index in [9.17, 15) is 13.6 Å². The minimum atomic E-state index is -0.664. The fourth-order valence-electron chi connectivity index (χ4n) is 3.36. The smallest absolute Gasteiger partial charge is 0.251 e. The molecule has 0 radical (unpaired) electrons. The molecular weight excluding hydrogens is 324 g/mol. The highest BCUT2D eigenvalue weighted by Crippen LogP contribution is 2.23. The fraction of sp³-hybridized carbons (Fsp3) is 0.263. The minimum Gasteiger partial charge on any atom is -0.349 e. The largest absolute Gasteiger partial charge is 0.349 e. The van der Waals surface area contributed by atoms with Gasteiger partial charge < -0.3 is 5.32 Å². The zero-order chi connectivity index (χ0) is 17.4. The molecule has 4 rings (SSSR count). The number of nitrogens with one attached hydrogen (secondary N) is 1. The van der Waals surface area contributed by atoms with E-state index in [1.54, 1.807) is 22.8 Å². The molecule has 0 aliphatic heterocycles. The van der Waals surface area contributed by atoms with Crippen molar-refractivity contribution in [3.8, 4) is 5.69 Å². The van der Waals surface area contributed by atoms with Crippen molar-refractivity contribution in [1.29, 1.82) is 0 Å². The number of imidazole rings is 1. The number of fused-ring (bicyclic) bond motifs is 1. The van der Waals surface area contributed by atoms with Crippen LogP contribution in [0.3, 0.4) is 0 Å². The molecular formula is C19H17F2N3O. The average Bonchev–Trinajstić information content (AvgIpc) is 3.24. The summed E-state index contributed by atoms with van der Waals surface area (Å²) in [7, 11) is 0. The fourth-order valence-corrected chi connectivity index (χ4v) is 3.36. The second kappa shape index (κ2) is 6.27. The Morgan fingerprint density at radius 1 is 1.12 bits per heavy atom. The van der Waals surface area contributed by atoms with Crippen LogP contribution in [0.1, 0.15) is 36.0 Å². The summed E-state index contributed by atoms with van der Waals surface area (Å²) < 4.78 is 28.7. The van der Waals surface area contributed by atoms with Crippen molar-refractivity contribution in [1.82, 2.24) is 14.9 Å². The molecule has 1 heterocycles. The first-order valence-corrected chi connectivity index (χ1v) is 8.35. The Kier molecular flexibility index (Phi) is 3.95. The molecule has 1 saturated carbocycles. The second-order valence-electron chi connectivity index (χ2n) is 6.37. The van der Waals surface area contributed by atoms with Gasteiger partial charge in [0.1, 0.15) is 18.0 Å². The molecule has 0 saturated heterocycles. The van der Waals surface area contributed by atoms with Crippen molar-refractivity contribution in [2.24, 2.45) is 0 Å². The van der Waals surface area contributed by atoms with Gasteiger partial charge in [0.2, 0.25) is 0 Å². The molecule has 0 unspecified atom stereocenters. The number of aromatic nitrogens is 2. The maximum atomic E-state index is 14.0. The van der Waals surface area contributed by atoms with E-state index in [4.69, 9.17) is 0 Å². The van der Waals surface area contributed by atoms with E-state index < -0.39 is 11.6 Å². The van der Waals surface area contributed by atoms with Crippen LogP contribution in [0.15, 0.2) is 42.7 Å². The quantitative estimate of drug-likeness (QED) is 0.783. The van der Waals surface area contributed by atoms with Gasteiger partial charge in [-0.1, -0.05) is 12.8 Å². The summed E-state index contributed by atoms with van der Waals surface area (Å²) in [6.45, 7) is 0. The molecule has 1 N–H and O–H groups in total. The number of carbonyl (C=O) groups excluding carboxylic acids is 1. The predicted octanol–water partition coefficient (Wildman–Crippen LogP) is 3.98. The lowest BCUT2D eigenvalue weighted by Crippen LogP contribution is -2.32. The highest BCUT2D eigenvalue weighted by atomic mass is 19.1. The number of nitrogens with zero attached hydrogens (tertiary/aromatic N) is 2. The van der Waals surface area contributed by atoms with Gasteiger partial charge in [0, 0.05) is 17.7 Å². The third-order valence-corrected chi connectivity index (χ3v) is 4.67. The number of carbonyl (C=O) groups is 1. The number of hydrogen-bond donors (Lipinski definition) is 1.